The van der Waals surface area contributed by atoms with Crippen LogP contribution in [0.5, 0.6) is 5.75 Å². The van der Waals surface area contributed by atoms with Crippen molar-refractivity contribution in [3.63, 3.8) is 0 Å². The number of hydrogen-bond acceptors (Lipinski definition) is 7. The van der Waals surface area contributed by atoms with Gasteiger partial charge in [-0.2, -0.15) is 0 Å². The van der Waals surface area contributed by atoms with E-state index in [4.69, 9.17) is 35.2 Å². The normalized spacial score (nSPS) is 12.2. The third-order valence-electron chi connectivity index (χ3n) is 5.84. The summed E-state index contributed by atoms with van der Waals surface area (Å²) in [4.78, 5) is 0. The molecule has 3 aromatic rings. The van der Waals surface area contributed by atoms with Crippen molar-refractivity contribution in [2.45, 2.75) is 19.4 Å². The minimum Gasteiger partial charge on any atom is -0.491 e. The first-order valence-corrected chi connectivity index (χ1v) is 12.8. The van der Waals surface area contributed by atoms with Crippen LogP contribution in [-0.2, 0) is 18.9 Å². The zero-order valence-corrected chi connectivity index (χ0v) is 21.3. The predicted molar refractivity (Wildman–Crippen MR) is 144 cm³/mol. The fourth-order valence-corrected chi connectivity index (χ4v) is 3.85. The average Bonchev–Trinajstić information content (AvgIpc) is 2.93. The molecule has 0 aliphatic rings. The molecule has 1 unspecified atom stereocenters. The van der Waals surface area contributed by atoms with Crippen LogP contribution >= 0.6 is 0 Å². The quantitative estimate of drug-likeness (QED) is 0.253. The molecule has 36 heavy (non-hydrogen) atoms. The number of nitrogens with two attached hydrogens (primary N) is 2. The molecule has 0 bridgehead atoms. The summed E-state index contributed by atoms with van der Waals surface area (Å²) in [5.41, 5.74) is 15.0. The molecule has 0 aromatic heterocycles. The van der Waals surface area contributed by atoms with Crippen LogP contribution in [0.15, 0.2) is 60.7 Å². The van der Waals surface area contributed by atoms with E-state index >= 15 is 0 Å². The molecule has 1 atom stereocenters. The summed E-state index contributed by atoms with van der Waals surface area (Å²) in [6, 6.07) is 21.1. The Kier molecular flexibility index (Phi) is 12.7. The molecule has 0 amide bonds. The summed E-state index contributed by atoms with van der Waals surface area (Å²) in [6.45, 7) is 7.36. The molecule has 7 heteroatoms. The lowest BCUT2D eigenvalue weighted by molar-refractivity contribution is -0.00382. The van der Waals surface area contributed by atoms with Crippen LogP contribution in [0.2, 0.25) is 0 Å². The van der Waals surface area contributed by atoms with Crippen LogP contribution in [0.3, 0.4) is 0 Å². The zero-order chi connectivity index (χ0) is 25.4. The van der Waals surface area contributed by atoms with Crippen molar-refractivity contribution in [1.29, 1.82) is 0 Å². The Balaban J connectivity index is 1.40. The monoisotopic (exact) mass is 496 g/mol. The van der Waals surface area contributed by atoms with Gasteiger partial charge in [-0.3, -0.25) is 0 Å². The first-order valence-electron chi connectivity index (χ1n) is 12.8. The number of benzene rings is 3. The molecule has 0 fully saturated rings. The van der Waals surface area contributed by atoms with Crippen LogP contribution in [0.1, 0.15) is 24.9 Å². The first kappa shape index (κ1) is 28.1. The standard InChI is InChI=1S/C29H40N2O5/c1-2-28(31)24-9-7-23(8-10-24)25-11-12-29(27-6-4-3-5-26(25)27)36-22-21-35-20-19-34-18-17-33-16-15-32-14-13-30/h3-12,28H,2,13-22,30-31H2,1H3. The van der Waals surface area contributed by atoms with Crippen LogP contribution in [0.25, 0.3) is 21.9 Å². The highest BCUT2D eigenvalue weighted by Gasteiger charge is 2.10. The van der Waals surface area contributed by atoms with Crippen molar-refractivity contribution in [2.75, 3.05) is 66.0 Å². The molecule has 0 spiro atoms. The van der Waals surface area contributed by atoms with E-state index < -0.39 is 0 Å². The smallest absolute Gasteiger partial charge is 0.127 e. The molecule has 0 heterocycles. The number of fused-ring (bicyclic) bond motifs is 1. The van der Waals surface area contributed by atoms with E-state index in [1.807, 2.05) is 12.1 Å². The summed E-state index contributed by atoms with van der Waals surface area (Å²) in [5, 5.41) is 2.24. The van der Waals surface area contributed by atoms with Gasteiger partial charge in [-0.1, -0.05) is 61.5 Å². The summed E-state index contributed by atoms with van der Waals surface area (Å²) in [6.07, 6.45) is 0.923. The maximum Gasteiger partial charge on any atom is 0.127 e. The molecular formula is C29H40N2O5. The van der Waals surface area contributed by atoms with E-state index in [-0.39, 0.29) is 6.04 Å². The first-order chi connectivity index (χ1) is 17.7. The lowest BCUT2D eigenvalue weighted by Crippen LogP contribution is -2.15. The Labute approximate surface area is 214 Å². The molecule has 4 N–H and O–H groups in total. The third kappa shape index (κ3) is 8.85. The van der Waals surface area contributed by atoms with Crippen LogP contribution < -0.4 is 16.2 Å². The van der Waals surface area contributed by atoms with Crippen LogP contribution in [-0.4, -0.2) is 66.0 Å². The van der Waals surface area contributed by atoms with Gasteiger partial charge in [-0.25, -0.2) is 0 Å². The fourth-order valence-electron chi connectivity index (χ4n) is 3.85. The summed E-state index contributed by atoms with van der Waals surface area (Å²) >= 11 is 0. The molecule has 3 aromatic carbocycles. The molecule has 0 radical (unpaired) electrons. The van der Waals surface area contributed by atoms with E-state index in [1.54, 1.807) is 0 Å². The highest BCUT2D eigenvalue weighted by Crippen LogP contribution is 2.35. The maximum absolute atomic E-state index is 6.17. The predicted octanol–water partition coefficient (Wildman–Crippen LogP) is 4.32. The van der Waals surface area contributed by atoms with E-state index in [9.17, 15) is 0 Å². The largest absolute Gasteiger partial charge is 0.491 e. The van der Waals surface area contributed by atoms with Crippen LogP contribution in [0, 0.1) is 0 Å². The Hall–Kier alpha value is -2.52. The zero-order valence-electron chi connectivity index (χ0n) is 21.3. The average molecular weight is 497 g/mol. The van der Waals surface area contributed by atoms with Gasteiger partial charge in [-0.05, 0) is 34.6 Å². The highest BCUT2D eigenvalue weighted by atomic mass is 16.6. The number of ether oxygens (including phenoxy) is 5. The van der Waals surface area contributed by atoms with Gasteiger partial charge < -0.3 is 35.2 Å². The molecule has 0 aliphatic heterocycles. The van der Waals surface area contributed by atoms with Crippen LogP contribution in [0.4, 0.5) is 0 Å². The third-order valence-corrected chi connectivity index (χ3v) is 5.84. The topological polar surface area (TPSA) is 98.2 Å². The SMILES string of the molecule is CCC(N)c1ccc(-c2ccc(OCCOCCOCCOCCOCCN)c3ccccc23)cc1. The second kappa shape index (κ2) is 16.3. The molecule has 7 nitrogen and oxygen atoms in total. The minimum absolute atomic E-state index is 0.0755. The summed E-state index contributed by atoms with van der Waals surface area (Å²) < 4.78 is 27.8. The van der Waals surface area contributed by atoms with E-state index in [0.29, 0.717) is 66.0 Å². The molecule has 196 valence electrons. The Morgan fingerprint density at radius 3 is 1.78 bits per heavy atom. The molecule has 0 saturated carbocycles. The molecule has 0 saturated heterocycles. The Bertz CT molecular complexity index is 1010. The fraction of sp³-hybridized carbons (Fsp3) is 0.448. The van der Waals surface area contributed by atoms with Crippen molar-refractivity contribution >= 4 is 10.8 Å². The van der Waals surface area contributed by atoms with Crippen molar-refractivity contribution < 1.29 is 23.7 Å². The van der Waals surface area contributed by atoms with Crippen molar-refractivity contribution in [1.82, 2.24) is 0 Å². The van der Waals surface area contributed by atoms with Crippen molar-refractivity contribution in [2.24, 2.45) is 11.5 Å². The lowest BCUT2D eigenvalue weighted by atomic mass is 9.95. The number of rotatable bonds is 18. The second-order valence-electron chi connectivity index (χ2n) is 8.38. The van der Waals surface area contributed by atoms with Gasteiger partial charge in [0.05, 0.1) is 52.9 Å². The van der Waals surface area contributed by atoms with E-state index in [2.05, 4.69) is 55.5 Å². The van der Waals surface area contributed by atoms with Gasteiger partial charge in [-0.15, -0.1) is 0 Å². The van der Waals surface area contributed by atoms with Crippen molar-refractivity contribution in [3.05, 3.63) is 66.2 Å². The minimum atomic E-state index is 0.0755. The summed E-state index contributed by atoms with van der Waals surface area (Å²) in [5.74, 6) is 0.853. The van der Waals surface area contributed by atoms with Gasteiger partial charge in [0.25, 0.3) is 0 Å². The lowest BCUT2D eigenvalue weighted by Gasteiger charge is -2.14. The van der Waals surface area contributed by atoms with Gasteiger partial charge in [0.15, 0.2) is 0 Å². The maximum atomic E-state index is 6.17. The van der Waals surface area contributed by atoms with Gasteiger partial charge in [0.2, 0.25) is 0 Å². The highest BCUT2D eigenvalue weighted by molar-refractivity contribution is 6.00. The van der Waals surface area contributed by atoms with E-state index in [0.717, 1.165) is 28.5 Å². The van der Waals surface area contributed by atoms with Crippen molar-refractivity contribution in [3.8, 4) is 16.9 Å². The van der Waals surface area contributed by atoms with Gasteiger partial charge in [0, 0.05) is 18.0 Å². The summed E-state index contributed by atoms with van der Waals surface area (Å²) in [7, 11) is 0. The van der Waals surface area contributed by atoms with Gasteiger partial charge in [0.1, 0.15) is 12.4 Å². The number of hydrogen-bond donors (Lipinski definition) is 2. The molecule has 0 aliphatic carbocycles. The second-order valence-corrected chi connectivity index (χ2v) is 8.38. The Morgan fingerprint density at radius 2 is 1.19 bits per heavy atom. The van der Waals surface area contributed by atoms with Gasteiger partial charge >= 0.3 is 0 Å². The molecular weight excluding hydrogens is 456 g/mol. The van der Waals surface area contributed by atoms with E-state index in [1.165, 1.54) is 11.1 Å². The molecule has 3 rings (SSSR count). The Morgan fingerprint density at radius 1 is 0.639 bits per heavy atom.